The van der Waals surface area contributed by atoms with E-state index in [0.717, 1.165) is 57.5 Å². The first kappa shape index (κ1) is 24.5. The second-order valence-corrected chi connectivity index (χ2v) is 9.11. The second-order valence-electron chi connectivity index (χ2n) is 9.11. The van der Waals surface area contributed by atoms with Crippen LogP contribution in [0.1, 0.15) is 35.6 Å². The van der Waals surface area contributed by atoms with Crippen molar-refractivity contribution in [3.63, 3.8) is 0 Å². The molecule has 2 unspecified atom stereocenters. The van der Waals surface area contributed by atoms with Crippen molar-refractivity contribution in [2.45, 2.75) is 38.0 Å². The van der Waals surface area contributed by atoms with Gasteiger partial charge in [-0.2, -0.15) is 15.7 Å². The standard InChI is InChI=1S/C26H35N5O3/c32-26(33)20-31-14-4-13-30(15-16-31)19-24-17-25(29-34-24)23-9-7-22(8-10-23)18-28-27-12-11-21-5-2-1-3-6-21/h1-3,5-10,24-25,29H,4,11-20H2,(H,32,33). The van der Waals surface area contributed by atoms with Crippen LogP contribution in [0.15, 0.2) is 64.8 Å². The van der Waals surface area contributed by atoms with E-state index in [1.165, 1.54) is 11.1 Å². The van der Waals surface area contributed by atoms with E-state index in [9.17, 15) is 4.79 Å². The molecule has 0 aromatic heterocycles. The highest BCUT2D eigenvalue weighted by molar-refractivity contribution is 5.69. The van der Waals surface area contributed by atoms with Gasteiger partial charge < -0.3 is 5.11 Å². The number of rotatable bonds is 10. The molecule has 0 amide bonds. The van der Waals surface area contributed by atoms with Crippen LogP contribution < -0.4 is 5.48 Å². The molecule has 2 saturated heterocycles. The minimum Gasteiger partial charge on any atom is -0.480 e. The molecule has 0 radical (unpaired) electrons. The third kappa shape index (κ3) is 7.70. The molecule has 2 aromatic carbocycles. The summed E-state index contributed by atoms with van der Waals surface area (Å²) in [5, 5.41) is 17.7. The Morgan fingerprint density at radius 3 is 2.53 bits per heavy atom. The van der Waals surface area contributed by atoms with E-state index in [1.54, 1.807) is 0 Å². The lowest BCUT2D eigenvalue weighted by molar-refractivity contribution is -0.138. The molecule has 2 aliphatic rings. The van der Waals surface area contributed by atoms with Gasteiger partial charge in [-0.15, -0.1) is 0 Å². The monoisotopic (exact) mass is 465 g/mol. The van der Waals surface area contributed by atoms with Crippen molar-refractivity contribution in [1.29, 1.82) is 0 Å². The van der Waals surface area contributed by atoms with E-state index in [4.69, 9.17) is 9.94 Å². The van der Waals surface area contributed by atoms with Crippen LogP contribution in [0.25, 0.3) is 0 Å². The maximum absolute atomic E-state index is 11.0. The molecule has 8 nitrogen and oxygen atoms in total. The molecule has 2 fully saturated rings. The molecule has 182 valence electrons. The lowest BCUT2D eigenvalue weighted by atomic mass is 10.0. The zero-order chi connectivity index (χ0) is 23.6. The highest BCUT2D eigenvalue weighted by atomic mass is 16.7. The van der Waals surface area contributed by atoms with Crippen LogP contribution in [0.4, 0.5) is 0 Å². The Hall–Kier alpha value is -2.65. The molecule has 2 heterocycles. The summed E-state index contributed by atoms with van der Waals surface area (Å²) < 4.78 is 0. The highest BCUT2D eigenvalue weighted by Crippen LogP contribution is 2.26. The maximum atomic E-state index is 11.0. The maximum Gasteiger partial charge on any atom is 0.317 e. The molecule has 2 N–H and O–H groups in total. The molecule has 0 spiro atoms. The van der Waals surface area contributed by atoms with Gasteiger partial charge in [-0.05, 0) is 42.5 Å². The topological polar surface area (TPSA) is 89.8 Å². The van der Waals surface area contributed by atoms with Crippen LogP contribution in [0, 0.1) is 0 Å². The van der Waals surface area contributed by atoms with Gasteiger partial charge >= 0.3 is 5.97 Å². The minimum absolute atomic E-state index is 0.127. The predicted octanol–water partition coefficient (Wildman–Crippen LogP) is 3.31. The summed E-state index contributed by atoms with van der Waals surface area (Å²) in [6.45, 7) is 5.80. The van der Waals surface area contributed by atoms with Gasteiger partial charge in [0.15, 0.2) is 0 Å². The summed E-state index contributed by atoms with van der Waals surface area (Å²) in [5.74, 6) is -0.753. The number of carbonyl (C=O) groups is 1. The highest BCUT2D eigenvalue weighted by Gasteiger charge is 2.29. The average Bonchev–Trinajstić information content (AvgIpc) is 3.20. The molecule has 4 rings (SSSR count). The zero-order valence-corrected chi connectivity index (χ0v) is 19.7. The molecule has 2 atom stereocenters. The number of benzene rings is 2. The lowest BCUT2D eigenvalue weighted by Crippen LogP contribution is -2.37. The SMILES string of the molecule is O=C(O)CN1CCCN(CC2CC(c3ccc(CN=NCCc4ccccc4)cc3)NO2)CC1. The first-order valence-corrected chi connectivity index (χ1v) is 12.2. The van der Waals surface area contributed by atoms with Crippen molar-refractivity contribution in [2.24, 2.45) is 10.2 Å². The van der Waals surface area contributed by atoms with E-state index in [1.807, 2.05) is 23.1 Å². The van der Waals surface area contributed by atoms with Gasteiger partial charge in [-0.3, -0.25) is 19.4 Å². The Morgan fingerprint density at radius 2 is 1.74 bits per heavy atom. The molecular formula is C26H35N5O3. The van der Waals surface area contributed by atoms with E-state index >= 15 is 0 Å². The third-order valence-corrected chi connectivity index (χ3v) is 6.46. The number of carboxylic acids is 1. The fourth-order valence-electron chi connectivity index (χ4n) is 4.58. The number of hydrogen-bond donors (Lipinski definition) is 2. The first-order valence-electron chi connectivity index (χ1n) is 12.2. The zero-order valence-electron chi connectivity index (χ0n) is 19.7. The molecule has 34 heavy (non-hydrogen) atoms. The van der Waals surface area contributed by atoms with Crippen LogP contribution in [-0.4, -0.2) is 72.8 Å². The number of hydroxylamine groups is 1. The number of hydrogen-bond acceptors (Lipinski definition) is 7. The van der Waals surface area contributed by atoms with Crippen LogP contribution >= 0.6 is 0 Å². The van der Waals surface area contributed by atoms with Gasteiger partial charge in [0, 0.05) is 26.2 Å². The van der Waals surface area contributed by atoms with Gasteiger partial charge in [-0.1, -0.05) is 54.6 Å². The van der Waals surface area contributed by atoms with Gasteiger partial charge in [0.2, 0.25) is 0 Å². The summed E-state index contributed by atoms with van der Waals surface area (Å²) in [6.07, 6.45) is 2.96. The number of nitrogens with zero attached hydrogens (tertiary/aromatic N) is 4. The molecule has 0 saturated carbocycles. The molecule has 8 heteroatoms. The molecule has 2 aliphatic heterocycles. The molecule has 2 aromatic rings. The quantitative estimate of drug-likeness (QED) is 0.524. The van der Waals surface area contributed by atoms with Crippen molar-refractivity contribution in [1.82, 2.24) is 15.3 Å². The number of azo groups is 1. The van der Waals surface area contributed by atoms with E-state index in [-0.39, 0.29) is 18.7 Å². The number of aliphatic carboxylic acids is 1. The Labute approximate surface area is 201 Å². The summed E-state index contributed by atoms with van der Waals surface area (Å²) >= 11 is 0. The van der Waals surface area contributed by atoms with Gasteiger partial charge in [0.25, 0.3) is 0 Å². The summed E-state index contributed by atoms with van der Waals surface area (Å²) in [6, 6.07) is 19.1. The number of carboxylic acid groups (broad SMARTS) is 1. The van der Waals surface area contributed by atoms with Gasteiger partial charge in [-0.25, -0.2) is 0 Å². The Bertz CT molecular complexity index is 922. The van der Waals surface area contributed by atoms with E-state index in [2.05, 4.69) is 57.0 Å². The Balaban J connectivity index is 1.17. The van der Waals surface area contributed by atoms with Gasteiger partial charge in [0.1, 0.15) is 0 Å². The van der Waals surface area contributed by atoms with Crippen molar-refractivity contribution in [3.05, 3.63) is 71.3 Å². The Kier molecular flexibility index (Phi) is 9.15. The predicted molar refractivity (Wildman–Crippen MR) is 131 cm³/mol. The normalized spacial score (nSPS) is 22.2. The van der Waals surface area contributed by atoms with Crippen molar-refractivity contribution < 1.29 is 14.7 Å². The van der Waals surface area contributed by atoms with Crippen LogP contribution in [0.5, 0.6) is 0 Å². The van der Waals surface area contributed by atoms with E-state index in [0.29, 0.717) is 13.1 Å². The molecule has 0 bridgehead atoms. The minimum atomic E-state index is -0.753. The van der Waals surface area contributed by atoms with Crippen LogP contribution in [0.2, 0.25) is 0 Å². The Morgan fingerprint density at radius 1 is 0.971 bits per heavy atom. The summed E-state index contributed by atoms with van der Waals surface area (Å²) in [4.78, 5) is 21.3. The van der Waals surface area contributed by atoms with Gasteiger partial charge in [0.05, 0.1) is 31.8 Å². The van der Waals surface area contributed by atoms with Crippen molar-refractivity contribution in [2.75, 3.05) is 45.8 Å². The molecule has 0 aliphatic carbocycles. The number of nitrogens with one attached hydrogen (secondary N) is 1. The van der Waals surface area contributed by atoms with Crippen molar-refractivity contribution >= 4 is 5.97 Å². The second kappa shape index (κ2) is 12.7. The van der Waals surface area contributed by atoms with Crippen LogP contribution in [-0.2, 0) is 22.6 Å². The van der Waals surface area contributed by atoms with Crippen LogP contribution in [0.3, 0.4) is 0 Å². The first-order chi connectivity index (χ1) is 16.7. The van der Waals surface area contributed by atoms with E-state index < -0.39 is 5.97 Å². The average molecular weight is 466 g/mol. The summed E-state index contributed by atoms with van der Waals surface area (Å²) in [7, 11) is 0. The molecular weight excluding hydrogens is 430 g/mol. The fourth-order valence-corrected chi connectivity index (χ4v) is 4.58. The van der Waals surface area contributed by atoms with Crippen molar-refractivity contribution in [3.8, 4) is 0 Å². The lowest BCUT2D eigenvalue weighted by Gasteiger charge is -2.23. The largest absolute Gasteiger partial charge is 0.480 e. The fraction of sp³-hybridized carbons (Fsp3) is 0.500. The summed E-state index contributed by atoms with van der Waals surface area (Å²) in [5.41, 5.74) is 6.85. The smallest absolute Gasteiger partial charge is 0.317 e. The third-order valence-electron chi connectivity index (χ3n) is 6.46.